The number of thiazole rings is 1. The molecule has 0 bridgehead atoms. The van der Waals surface area contributed by atoms with Crippen LogP contribution >= 0.6 is 11.3 Å². The molecule has 140 valence electrons. The van der Waals surface area contributed by atoms with Crippen LogP contribution < -0.4 is 10.2 Å². The lowest BCUT2D eigenvalue weighted by atomic mass is 9.96. The van der Waals surface area contributed by atoms with Gasteiger partial charge in [0.15, 0.2) is 5.13 Å². The number of piperidine rings is 1. The van der Waals surface area contributed by atoms with Crippen molar-refractivity contribution in [3.8, 4) is 0 Å². The van der Waals surface area contributed by atoms with Crippen molar-refractivity contribution in [2.75, 3.05) is 18.0 Å². The lowest BCUT2D eigenvalue weighted by molar-refractivity contribution is -0.123. The van der Waals surface area contributed by atoms with Crippen LogP contribution in [0.15, 0.2) is 36.9 Å². The van der Waals surface area contributed by atoms with Crippen molar-refractivity contribution in [2.45, 2.75) is 32.7 Å². The minimum absolute atomic E-state index is 0.0362. The van der Waals surface area contributed by atoms with Crippen LogP contribution in [-0.2, 0) is 17.8 Å². The van der Waals surface area contributed by atoms with Crippen LogP contribution in [0.5, 0.6) is 0 Å². The van der Waals surface area contributed by atoms with Gasteiger partial charge in [0.2, 0.25) is 5.91 Å². The number of amides is 1. The molecule has 1 saturated heterocycles. The second-order valence-corrected chi connectivity index (χ2v) is 7.86. The number of anilines is 1. The average molecular weight is 382 g/mol. The fraction of sp³-hybridized carbons (Fsp3) is 0.400. The molecule has 3 heterocycles. The van der Waals surface area contributed by atoms with Crippen molar-refractivity contribution in [1.29, 1.82) is 0 Å². The Balaban J connectivity index is 1.69. The third-order valence-corrected chi connectivity index (χ3v) is 6.03. The summed E-state index contributed by atoms with van der Waals surface area (Å²) in [6.45, 7) is 4.37. The van der Waals surface area contributed by atoms with Gasteiger partial charge in [0.25, 0.3) is 0 Å². The summed E-state index contributed by atoms with van der Waals surface area (Å²) < 4.78 is 1.12. The van der Waals surface area contributed by atoms with E-state index >= 15 is 0 Å². The Morgan fingerprint density at radius 3 is 2.74 bits per heavy atom. The van der Waals surface area contributed by atoms with Gasteiger partial charge in [-0.3, -0.25) is 9.69 Å². The van der Waals surface area contributed by atoms with Crippen molar-refractivity contribution in [3.63, 3.8) is 0 Å². The number of nitrogens with one attached hydrogen (secondary N) is 1. The van der Waals surface area contributed by atoms with E-state index in [0.717, 1.165) is 53.3 Å². The number of fused-ring (bicyclic) bond motifs is 1. The van der Waals surface area contributed by atoms with Crippen molar-refractivity contribution >= 4 is 32.6 Å². The van der Waals surface area contributed by atoms with Gasteiger partial charge in [0.1, 0.15) is 6.33 Å². The Bertz CT molecular complexity index is 921. The smallest absolute Gasteiger partial charge is 0.232 e. The molecule has 1 amide bonds. The topological polar surface area (TPSA) is 71.0 Å². The van der Waals surface area contributed by atoms with E-state index in [1.807, 2.05) is 11.0 Å². The molecule has 3 aromatic rings. The number of benzene rings is 1. The summed E-state index contributed by atoms with van der Waals surface area (Å²) in [5.41, 5.74) is 3.14. The summed E-state index contributed by atoms with van der Waals surface area (Å²) in [5.74, 6) is 0.184. The van der Waals surface area contributed by atoms with E-state index in [1.54, 1.807) is 23.7 Å². The molecular formula is C20H23N5OS. The summed E-state index contributed by atoms with van der Waals surface area (Å²) in [7, 11) is 0. The van der Waals surface area contributed by atoms with E-state index in [-0.39, 0.29) is 11.8 Å². The van der Waals surface area contributed by atoms with Crippen LogP contribution in [-0.4, -0.2) is 33.9 Å². The molecule has 0 aliphatic carbocycles. The highest BCUT2D eigenvalue weighted by Gasteiger charge is 2.29. The SMILES string of the molecule is CCc1ccc2nc(N(Cc3cncnc3)C(=O)C3CCNCC3)sc2c1. The van der Waals surface area contributed by atoms with E-state index in [9.17, 15) is 4.79 Å². The Labute approximate surface area is 162 Å². The maximum absolute atomic E-state index is 13.3. The van der Waals surface area contributed by atoms with Gasteiger partial charge in [-0.05, 0) is 50.0 Å². The van der Waals surface area contributed by atoms with Gasteiger partial charge in [-0.1, -0.05) is 24.3 Å². The molecule has 1 aliphatic heterocycles. The standard InChI is InChI=1S/C20H23N5OS/c1-2-14-3-4-17-18(9-14)27-20(24-17)25(12-15-10-22-13-23-11-15)19(26)16-5-7-21-8-6-16/h3-4,9-11,13,16,21H,2,5-8,12H2,1H3. The van der Waals surface area contributed by atoms with Gasteiger partial charge in [-0.15, -0.1) is 0 Å². The van der Waals surface area contributed by atoms with E-state index in [2.05, 4.69) is 34.3 Å². The summed E-state index contributed by atoms with van der Waals surface area (Å²) in [4.78, 5) is 28.1. The number of hydrogen-bond donors (Lipinski definition) is 1. The number of carbonyl (C=O) groups excluding carboxylic acids is 1. The molecule has 0 atom stereocenters. The molecule has 1 fully saturated rings. The molecular weight excluding hydrogens is 358 g/mol. The third-order valence-electron chi connectivity index (χ3n) is 4.99. The summed E-state index contributed by atoms with van der Waals surface area (Å²) in [6.07, 6.45) is 7.75. The zero-order valence-corrected chi connectivity index (χ0v) is 16.2. The van der Waals surface area contributed by atoms with E-state index in [0.29, 0.717) is 6.54 Å². The van der Waals surface area contributed by atoms with E-state index < -0.39 is 0 Å². The Morgan fingerprint density at radius 2 is 2.00 bits per heavy atom. The molecule has 0 unspecified atom stereocenters. The molecule has 7 heteroatoms. The van der Waals surface area contributed by atoms with Gasteiger partial charge in [0, 0.05) is 23.9 Å². The highest BCUT2D eigenvalue weighted by atomic mass is 32.1. The van der Waals surface area contributed by atoms with E-state index in [1.165, 1.54) is 11.9 Å². The largest absolute Gasteiger partial charge is 0.317 e. The highest BCUT2D eigenvalue weighted by Crippen LogP contribution is 2.32. The van der Waals surface area contributed by atoms with Gasteiger partial charge >= 0.3 is 0 Å². The Hall–Kier alpha value is -2.38. The monoisotopic (exact) mass is 381 g/mol. The maximum Gasteiger partial charge on any atom is 0.232 e. The molecule has 27 heavy (non-hydrogen) atoms. The van der Waals surface area contributed by atoms with Gasteiger partial charge in [-0.25, -0.2) is 15.0 Å². The minimum Gasteiger partial charge on any atom is -0.317 e. The molecule has 4 rings (SSSR count). The van der Waals surface area contributed by atoms with Gasteiger partial charge < -0.3 is 5.32 Å². The Morgan fingerprint density at radius 1 is 1.22 bits per heavy atom. The van der Waals surface area contributed by atoms with Crippen molar-refractivity contribution in [3.05, 3.63) is 48.0 Å². The molecule has 1 aromatic carbocycles. The fourth-order valence-corrected chi connectivity index (χ4v) is 4.45. The van der Waals surface area contributed by atoms with Crippen LogP contribution in [0, 0.1) is 5.92 Å². The molecule has 1 N–H and O–H groups in total. The highest BCUT2D eigenvalue weighted by molar-refractivity contribution is 7.22. The summed E-state index contributed by atoms with van der Waals surface area (Å²) in [5, 5.41) is 4.08. The second kappa shape index (κ2) is 8.10. The molecule has 0 radical (unpaired) electrons. The van der Waals surface area contributed by atoms with Gasteiger partial charge in [-0.2, -0.15) is 0 Å². The predicted octanol–water partition coefficient (Wildman–Crippen LogP) is 3.18. The number of nitrogens with zero attached hydrogens (tertiary/aromatic N) is 4. The molecule has 0 saturated carbocycles. The van der Waals surface area contributed by atoms with Gasteiger partial charge in [0.05, 0.1) is 16.8 Å². The number of aryl methyl sites for hydroxylation is 1. The first-order chi connectivity index (χ1) is 13.2. The lowest BCUT2D eigenvalue weighted by Crippen LogP contribution is -2.40. The molecule has 2 aromatic heterocycles. The second-order valence-electron chi connectivity index (χ2n) is 6.85. The van der Waals surface area contributed by atoms with Crippen molar-refractivity contribution in [1.82, 2.24) is 20.3 Å². The third kappa shape index (κ3) is 3.99. The predicted molar refractivity (Wildman–Crippen MR) is 108 cm³/mol. The fourth-order valence-electron chi connectivity index (χ4n) is 3.42. The maximum atomic E-state index is 13.3. The van der Waals surface area contributed by atoms with Crippen LogP contribution in [0.4, 0.5) is 5.13 Å². The molecule has 0 spiro atoms. The van der Waals surface area contributed by atoms with E-state index in [4.69, 9.17) is 4.98 Å². The Kier molecular flexibility index (Phi) is 5.40. The number of rotatable bonds is 5. The first-order valence-corrected chi connectivity index (χ1v) is 10.2. The number of aromatic nitrogens is 3. The van der Waals surface area contributed by atoms with Crippen molar-refractivity contribution in [2.24, 2.45) is 5.92 Å². The zero-order valence-electron chi connectivity index (χ0n) is 15.4. The minimum atomic E-state index is 0.0362. The lowest BCUT2D eigenvalue weighted by Gasteiger charge is -2.28. The van der Waals surface area contributed by atoms with Crippen LogP contribution in [0.1, 0.15) is 30.9 Å². The normalized spacial score (nSPS) is 15.1. The van der Waals surface area contributed by atoms with Crippen LogP contribution in [0.25, 0.3) is 10.2 Å². The van der Waals surface area contributed by atoms with Crippen LogP contribution in [0.2, 0.25) is 0 Å². The average Bonchev–Trinajstić information content (AvgIpc) is 3.15. The summed E-state index contributed by atoms with van der Waals surface area (Å²) >= 11 is 1.58. The first-order valence-electron chi connectivity index (χ1n) is 9.40. The summed E-state index contributed by atoms with van der Waals surface area (Å²) in [6, 6.07) is 6.33. The quantitative estimate of drug-likeness (QED) is 0.735. The van der Waals surface area contributed by atoms with Crippen LogP contribution in [0.3, 0.4) is 0 Å². The molecule has 6 nitrogen and oxygen atoms in total. The zero-order chi connectivity index (χ0) is 18.6. The number of hydrogen-bond acceptors (Lipinski definition) is 6. The van der Waals surface area contributed by atoms with Crippen molar-refractivity contribution < 1.29 is 4.79 Å². The first kappa shape index (κ1) is 18.0. The molecule has 1 aliphatic rings. The number of carbonyl (C=O) groups is 1.